The lowest BCUT2D eigenvalue weighted by molar-refractivity contribution is -0.115. The second-order valence-corrected chi connectivity index (χ2v) is 6.88. The van der Waals surface area contributed by atoms with Crippen molar-refractivity contribution >= 4 is 34.9 Å². The van der Waals surface area contributed by atoms with Crippen LogP contribution < -0.4 is 5.32 Å². The third-order valence-corrected chi connectivity index (χ3v) is 4.91. The zero-order chi connectivity index (χ0) is 20.8. The fourth-order valence-corrected chi connectivity index (χ4v) is 3.47. The number of ether oxygens (including phenoxy) is 2. The summed E-state index contributed by atoms with van der Waals surface area (Å²) in [5, 5.41) is 5.34. The fourth-order valence-electron chi connectivity index (χ4n) is 2.64. The van der Waals surface area contributed by atoms with Gasteiger partial charge < -0.3 is 14.8 Å². The van der Waals surface area contributed by atoms with Crippen molar-refractivity contribution < 1.29 is 23.9 Å². The number of amides is 1. The molecule has 3 aromatic rings. The van der Waals surface area contributed by atoms with Crippen LogP contribution in [0.5, 0.6) is 0 Å². The summed E-state index contributed by atoms with van der Waals surface area (Å²) in [5.74, 6) is -1.58. The predicted octanol–water partition coefficient (Wildman–Crippen LogP) is 3.56. The topological polar surface area (TPSA) is 94.6 Å². The molecule has 3 rings (SSSR count). The normalized spacial score (nSPS) is 10.3. The van der Waals surface area contributed by atoms with Crippen molar-refractivity contribution in [2.24, 2.45) is 0 Å². The zero-order valence-electron chi connectivity index (χ0n) is 15.8. The molecule has 0 fully saturated rings. The molecule has 1 heterocycles. The molecule has 2 aromatic carbocycles. The van der Waals surface area contributed by atoms with E-state index in [1.807, 2.05) is 35.7 Å². The molecular weight excluding hydrogens is 392 g/mol. The van der Waals surface area contributed by atoms with Crippen LogP contribution in [0.2, 0.25) is 0 Å². The molecule has 1 N–H and O–H groups in total. The van der Waals surface area contributed by atoms with Gasteiger partial charge in [-0.1, -0.05) is 30.3 Å². The van der Waals surface area contributed by atoms with Gasteiger partial charge >= 0.3 is 11.9 Å². The smallest absolute Gasteiger partial charge is 0.337 e. The second kappa shape index (κ2) is 9.11. The quantitative estimate of drug-likeness (QED) is 0.625. The summed E-state index contributed by atoms with van der Waals surface area (Å²) < 4.78 is 9.39. The summed E-state index contributed by atoms with van der Waals surface area (Å²) in [6.07, 6.45) is 0.0549. The van der Waals surface area contributed by atoms with Crippen molar-refractivity contribution in [1.82, 2.24) is 4.98 Å². The van der Waals surface area contributed by atoms with E-state index >= 15 is 0 Å². The third-order valence-electron chi connectivity index (χ3n) is 3.97. The number of esters is 2. The van der Waals surface area contributed by atoms with E-state index in [2.05, 4.69) is 10.3 Å². The number of anilines is 1. The molecule has 0 atom stereocenters. The highest BCUT2D eigenvalue weighted by molar-refractivity contribution is 7.13. The van der Waals surface area contributed by atoms with E-state index in [1.54, 1.807) is 0 Å². The van der Waals surface area contributed by atoms with E-state index in [9.17, 15) is 14.4 Å². The number of hydrogen-bond donors (Lipinski definition) is 1. The van der Waals surface area contributed by atoms with Gasteiger partial charge in [0.1, 0.15) is 5.01 Å². The molecule has 0 aliphatic rings. The first-order valence-electron chi connectivity index (χ1n) is 8.61. The van der Waals surface area contributed by atoms with E-state index in [-0.39, 0.29) is 29.1 Å². The van der Waals surface area contributed by atoms with E-state index in [4.69, 9.17) is 9.47 Å². The molecule has 1 aromatic heterocycles. The number of rotatable bonds is 6. The molecule has 7 nitrogen and oxygen atoms in total. The lowest BCUT2D eigenvalue weighted by Crippen LogP contribution is -2.16. The molecule has 0 bridgehead atoms. The van der Waals surface area contributed by atoms with Crippen LogP contribution in [0.15, 0.2) is 53.9 Å². The molecule has 0 saturated carbocycles. The van der Waals surface area contributed by atoms with Gasteiger partial charge in [-0.2, -0.15) is 0 Å². The lowest BCUT2D eigenvalue weighted by atomic mass is 10.1. The van der Waals surface area contributed by atoms with Crippen molar-refractivity contribution in [2.45, 2.75) is 6.42 Å². The van der Waals surface area contributed by atoms with Gasteiger partial charge in [-0.15, -0.1) is 11.3 Å². The second-order valence-electron chi connectivity index (χ2n) is 6.02. The number of thiazole rings is 1. The van der Waals surface area contributed by atoms with Gasteiger partial charge in [-0.25, -0.2) is 14.6 Å². The van der Waals surface area contributed by atoms with Gasteiger partial charge in [0.15, 0.2) is 0 Å². The van der Waals surface area contributed by atoms with E-state index in [0.717, 1.165) is 10.6 Å². The molecule has 8 heteroatoms. The van der Waals surface area contributed by atoms with E-state index < -0.39 is 11.9 Å². The minimum absolute atomic E-state index is 0.0549. The molecule has 1 amide bonds. The number of carbonyl (C=O) groups is 3. The fraction of sp³-hybridized carbons (Fsp3) is 0.143. The predicted molar refractivity (Wildman–Crippen MR) is 109 cm³/mol. The van der Waals surface area contributed by atoms with Crippen LogP contribution in [0, 0.1) is 0 Å². The van der Waals surface area contributed by atoms with Crippen molar-refractivity contribution in [2.75, 3.05) is 19.5 Å². The number of carbonyl (C=O) groups excluding carboxylic acids is 3. The SMILES string of the molecule is COC(=O)c1cc(NC(=O)Cc2csc(-c3ccccc3)n2)cc(C(=O)OC)c1. The van der Waals surface area contributed by atoms with Crippen LogP contribution in [0.1, 0.15) is 26.4 Å². The Kier molecular flexibility index (Phi) is 6.36. The van der Waals surface area contributed by atoms with Crippen LogP contribution in [-0.2, 0) is 20.7 Å². The minimum atomic E-state index is -0.627. The Hall–Kier alpha value is -3.52. The molecule has 0 aliphatic carbocycles. The number of nitrogens with one attached hydrogen (secondary N) is 1. The summed E-state index contributed by atoms with van der Waals surface area (Å²) in [5.41, 5.74) is 2.16. The molecule has 0 unspecified atom stereocenters. The van der Waals surface area contributed by atoms with Gasteiger partial charge in [0.2, 0.25) is 5.91 Å². The molecular formula is C21H18N2O5S. The summed E-state index contributed by atoms with van der Waals surface area (Å²) >= 11 is 1.46. The van der Waals surface area contributed by atoms with Crippen molar-refractivity contribution in [1.29, 1.82) is 0 Å². The molecule has 0 spiro atoms. The maximum absolute atomic E-state index is 12.5. The monoisotopic (exact) mass is 410 g/mol. The van der Waals surface area contributed by atoms with Gasteiger partial charge in [-0.3, -0.25) is 4.79 Å². The first-order chi connectivity index (χ1) is 14.0. The molecule has 0 aliphatic heterocycles. The summed E-state index contributed by atoms with van der Waals surface area (Å²) in [6, 6.07) is 13.9. The highest BCUT2D eigenvalue weighted by atomic mass is 32.1. The van der Waals surface area contributed by atoms with Crippen LogP contribution in [-0.4, -0.2) is 37.0 Å². The van der Waals surface area contributed by atoms with Crippen LogP contribution in [0.4, 0.5) is 5.69 Å². The Morgan fingerprint density at radius 2 is 1.59 bits per heavy atom. The van der Waals surface area contributed by atoms with Crippen molar-refractivity contribution in [3.8, 4) is 10.6 Å². The standard InChI is InChI=1S/C21H18N2O5S/c1-27-20(25)14-8-15(21(26)28-2)10-16(9-14)22-18(24)11-17-12-29-19(23-17)13-6-4-3-5-7-13/h3-10,12H,11H2,1-2H3,(H,22,24). The van der Waals surface area contributed by atoms with Crippen molar-refractivity contribution in [3.63, 3.8) is 0 Å². The Balaban J connectivity index is 1.75. The Labute approximate surface area is 171 Å². The number of methoxy groups -OCH3 is 2. The molecule has 29 heavy (non-hydrogen) atoms. The van der Waals surface area contributed by atoms with Gasteiger partial charge in [0.05, 0.1) is 37.5 Å². The van der Waals surface area contributed by atoms with Crippen molar-refractivity contribution in [3.05, 3.63) is 70.7 Å². The van der Waals surface area contributed by atoms with Gasteiger partial charge in [0, 0.05) is 16.6 Å². The van der Waals surface area contributed by atoms with Crippen LogP contribution in [0.25, 0.3) is 10.6 Å². The number of benzene rings is 2. The highest BCUT2D eigenvalue weighted by Crippen LogP contribution is 2.24. The summed E-state index contributed by atoms with van der Waals surface area (Å²) in [7, 11) is 2.47. The average Bonchev–Trinajstić information content (AvgIpc) is 3.21. The maximum Gasteiger partial charge on any atom is 0.337 e. The summed E-state index contributed by atoms with van der Waals surface area (Å²) in [6.45, 7) is 0. The number of aromatic nitrogens is 1. The largest absolute Gasteiger partial charge is 0.465 e. The maximum atomic E-state index is 12.5. The highest BCUT2D eigenvalue weighted by Gasteiger charge is 2.16. The first-order valence-corrected chi connectivity index (χ1v) is 9.49. The summed E-state index contributed by atoms with van der Waals surface area (Å²) in [4.78, 5) is 40.6. The average molecular weight is 410 g/mol. The van der Waals surface area contributed by atoms with E-state index in [1.165, 1.54) is 43.8 Å². The Morgan fingerprint density at radius 3 is 2.17 bits per heavy atom. The Bertz CT molecular complexity index is 1010. The molecule has 148 valence electrons. The minimum Gasteiger partial charge on any atom is -0.465 e. The van der Waals surface area contributed by atoms with Crippen LogP contribution >= 0.6 is 11.3 Å². The number of nitrogens with zero attached hydrogens (tertiary/aromatic N) is 1. The lowest BCUT2D eigenvalue weighted by Gasteiger charge is -2.09. The molecule has 0 saturated heterocycles. The van der Waals surface area contributed by atoms with Gasteiger partial charge in [0.25, 0.3) is 0 Å². The number of hydrogen-bond acceptors (Lipinski definition) is 7. The zero-order valence-corrected chi connectivity index (χ0v) is 16.6. The first kappa shape index (κ1) is 20.2. The third kappa shape index (κ3) is 5.05. The molecule has 0 radical (unpaired) electrons. The Morgan fingerprint density at radius 1 is 0.966 bits per heavy atom. The van der Waals surface area contributed by atoms with E-state index in [0.29, 0.717) is 5.69 Å². The van der Waals surface area contributed by atoms with Gasteiger partial charge in [-0.05, 0) is 18.2 Å². The van der Waals surface area contributed by atoms with Crippen LogP contribution in [0.3, 0.4) is 0 Å².